The summed E-state index contributed by atoms with van der Waals surface area (Å²) < 4.78 is 6.15. The number of nitrogens with zero attached hydrogens (tertiary/aromatic N) is 1. The Morgan fingerprint density at radius 3 is 2.70 bits per heavy atom. The average Bonchev–Trinajstić information content (AvgIpc) is 2.54. The number of carbonyl (C=O) groups excluding carboxylic acids is 1. The monoisotopic (exact) mass is 375 g/mol. The van der Waals surface area contributed by atoms with E-state index in [1.54, 1.807) is 13.3 Å². The molecule has 0 atom stereocenters. The smallest absolute Gasteiger partial charge is 0.259 e. The molecule has 0 saturated heterocycles. The Morgan fingerprint density at radius 2 is 2.00 bits per heavy atom. The zero-order chi connectivity index (χ0) is 16.7. The molecule has 0 aliphatic heterocycles. The molecule has 2 aromatic rings. The summed E-state index contributed by atoms with van der Waals surface area (Å²) in [4.78, 5) is 11.8. The summed E-state index contributed by atoms with van der Waals surface area (Å²) in [6.07, 6.45) is 1.55. The predicted octanol–water partition coefficient (Wildman–Crippen LogP) is 3.33. The van der Waals surface area contributed by atoms with Crippen molar-refractivity contribution in [3.63, 3.8) is 0 Å². The number of nitrogens with one attached hydrogen (secondary N) is 2. The summed E-state index contributed by atoms with van der Waals surface area (Å²) in [6, 6.07) is 13.4. The molecule has 2 aromatic carbocycles. The van der Waals surface area contributed by atoms with Gasteiger partial charge in [-0.25, -0.2) is 5.43 Å². The molecule has 0 aliphatic rings. The van der Waals surface area contributed by atoms with Gasteiger partial charge in [-0.15, -0.1) is 0 Å². The van der Waals surface area contributed by atoms with Gasteiger partial charge in [0.15, 0.2) is 0 Å². The van der Waals surface area contributed by atoms with Crippen molar-refractivity contribution in [2.45, 2.75) is 6.92 Å². The van der Waals surface area contributed by atoms with Crippen molar-refractivity contribution in [2.75, 3.05) is 19.0 Å². The van der Waals surface area contributed by atoms with E-state index in [0.29, 0.717) is 5.75 Å². The summed E-state index contributed by atoms with van der Waals surface area (Å²) >= 11 is 3.39. The zero-order valence-corrected chi connectivity index (χ0v) is 14.6. The lowest BCUT2D eigenvalue weighted by Crippen LogP contribution is -2.25. The molecule has 0 bridgehead atoms. The number of carbonyl (C=O) groups is 1. The van der Waals surface area contributed by atoms with Crippen molar-refractivity contribution in [1.82, 2.24) is 5.43 Å². The Hall–Kier alpha value is -2.34. The summed E-state index contributed by atoms with van der Waals surface area (Å²) in [5.74, 6) is 0.458. The van der Waals surface area contributed by atoms with E-state index in [4.69, 9.17) is 4.74 Å². The van der Waals surface area contributed by atoms with Gasteiger partial charge >= 0.3 is 0 Å². The SMILES string of the molecule is COc1ccc(Br)cc1/C=N/NC(=O)CNc1ccc(C)cc1. The highest BCUT2D eigenvalue weighted by Crippen LogP contribution is 2.21. The maximum Gasteiger partial charge on any atom is 0.259 e. The highest BCUT2D eigenvalue weighted by atomic mass is 79.9. The Balaban J connectivity index is 1.86. The van der Waals surface area contributed by atoms with E-state index >= 15 is 0 Å². The van der Waals surface area contributed by atoms with Gasteiger partial charge in [0.1, 0.15) is 5.75 Å². The predicted molar refractivity (Wildman–Crippen MR) is 96.1 cm³/mol. The quantitative estimate of drug-likeness (QED) is 0.601. The van der Waals surface area contributed by atoms with Crippen LogP contribution < -0.4 is 15.5 Å². The Kier molecular flexibility index (Phi) is 6.17. The molecule has 0 aliphatic carbocycles. The van der Waals surface area contributed by atoms with E-state index in [0.717, 1.165) is 15.7 Å². The fourth-order valence-corrected chi connectivity index (χ4v) is 2.25. The summed E-state index contributed by atoms with van der Waals surface area (Å²) in [5, 5.41) is 6.99. The number of hydrogen-bond donors (Lipinski definition) is 2. The van der Waals surface area contributed by atoms with Crippen LogP contribution in [0.25, 0.3) is 0 Å². The van der Waals surface area contributed by atoms with Crippen molar-refractivity contribution in [1.29, 1.82) is 0 Å². The molecule has 0 fully saturated rings. The second-order valence-corrected chi connectivity index (χ2v) is 5.81. The number of methoxy groups -OCH3 is 1. The van der Waals surface area contributed by atoms with Crippen molar-refractivity contribution in [3.8, 4) is 5.75 Å². The Labute approximate surface area is 143 Å². The number of aryl methyl sites for hydroxylation is 1. The largest absolute Gasteiger partial charge is 0.496 e. The molecular formula is C17H18BrN3O2. The molecule has 0 saturated carbocycles. The molecule has 2 N–H and O–H groups in total. The summed E-state index contributed by atoms with van der Waals surface area (Å²) in [6.45, 7) is 2.16. The van der Waals surface area contributed by atoms with Crippen LogP contribution in [0.2, 0.25) is 0 Å². The van der Waals surface area contributed by atoms with Gasteiger partial charge in [0, 0.05) is 15.7 Å². The number of benzene rings is 2. The molecule has 0 unspecified atom stereocenters. The van der Waals surface area contributed by atoms with Crippen LogP contribution in [0.3, 0.4) is 0 Å². The van der Waals surface area contributed by atoms with E-state index in [1.807, 2.05) is 49.4 Å². The molecule has 0 aromatic heterocycles. The fourth-order valence-electron chi connectivity index (χ4n) is 1.87. The molecule has 5 nitrogen and oxygen atoms in total. The lowest BCUT2D eigenvalue weighted by molar-refractivity contribution is -0.119. The van der Waals surface area contributed by atoms with Crippen LogP contribution in [0.4, 0.5) is 5.69 Å². The molecule has 23 heavy (non-hydrogen) atoms. The third-order valence-corrected chi connectivity index (χ3v) is 3.58. The van der Waals surface area contributed by atoms with Crippen molar-refractivity contribution < 1.29 is 9.53 Å². The standard InChI is InChI=1S/C17H18BrN3O2/c1-12-3-6-15(7-4-12)19-11-17(22)21-20-10-13-9-14(18)5-8-16(13)23-2/h3-10,19H,11H2,1-2H3,(H,21,22)/b20-10+. The first kappa shape index (κ1) is 17.0. The van der Waals surface area contributed by atoms with Gasteiger partial charge in [0.2, 0.25) is 0 Å². The van der Waals surface area contributed by atoms with Crippen molar-refractivity contribution in [2.24, 2.45) is 5.10 Å². The molecule has 0 radical (unpaired) electrons. The Bertz CT molecular complexity index is 699. The third kappa shape index (κ3) is 5.41. The minimum atomic E-state index is -0.226. The Morgan fingerprint density at radius 1 is 1.26 bits per heavy atom. The molecule has 2 rings (SSSR count). The van der Waals surface area contributed by atoms with Crippen LogP contribution >= 0.6 is 15.9 Å². The topological polar surface area (TPSA) is 62.7 Å². The fraction of sp³-hybridized carbons (Fsp3) is 0.176. The summed E-state index contributed by atoms with van der Waals surface area (Å²) in [7, 11) is 1.59. The lowest BCUT2D eigenvalue weighted by atomic mass is 10.2. The van der Waals surface area contributed by atoms with Crippen LogP contribution in [0, 0.1) is 6.92 Å². The molecule has 120 valence electrons. The van der Waals surface area contributed by atoms with Crippen LogP contribution in [0.5, 0.6) is 5.75 Å². The molecule has 6 heteroatoms. The third-order valence-electron chi connectivity index (χ3n) is 3.09. The second kappa shape index (κ2) is 8.33. The van der Waals surface area contributed by atoms with Crippen molar-refractivity contribution >= 4 is 33.7 Å². The first-order valence-corrected chi connectivity index (χ1v) is 7.84. The van der Waals surface area contributed by atoms with Gasteiger partial charge in [-0.05, 0) is 37.3 Å². The number of ether oxygens (including phenoxy) is 1. The van der Waals surface area contributed by atoms with Crippen LogP contribution in [-0.4, -0.2) is 25.8 Å². The number of halogens is 1. The van der Waals surface area contributed by atoms with E-state index < -0.39 is 0 Å². The first-order valence-electron chi connectivity index (χ1n) is 7.04. The van der Waals surface area contributed by atoms with E-state index in [1.165, 1.54) is 5.56 Å². The zero-order valence-electron chi connectivity index (χ0n) is 13.0. The number of rotatable bonds is 6. The van der Waals surface area contributed by atoms with Gasteiger partial charge in [0.05, 0.1) is 19.9 Å². The lowest BCUT2D eigenvalue weighted by Gasteiger charge is -2.06. The second-order valence-electron chi connectivity index (χ2n) is 4.90. The van der Waals surface area contributed by atoms with Gasteiger partial charge in [-0.2, -0.15) is 5.10 Å². The molecule has 0 heterocycles. The number of hydrogen-bond acceptors (Lipinski definition) is 4. The van der Waals surface area contributed by atoms with Crippen LogP contribution in [0.15, 0.2) is 52.0 Å². The normalized spacial score (nSPS) is 10.6. The molecular weight excluding hydrogens is 358 g/mol. The number of hydrazone groups is 1. The van der Waals surface area contributed by atoms with E-state index in [9.17, 15) is 4.79 Å². The van der Waals surface area contributed by atoms with Crippen LogP contribution in [0.1, 0.15) is 11.1 Å². The van der Waals surface area contributed by atoms with E-state index in [2.05, 4.69) is 31.8 Å². The van der Waals surface area contributed by atoms with Gasteiger partial charge in [-0.1, -0.05) is 33.6 Å². The molecule has 1 amide bonds. The molecule has 0 spiro atoms. The highest BCUT2D eigenvalue weighted by Gasteiger charge is 2.02. The van der Waals surface area contributed by atoms with Crippen molar-refractivity contribution in [3.05, 3.63) is 58.1 Å². The van der Waals surface area contributed by atoms with Gasteiger partial charge < -0.3 is 10.1 Å². The summed E-state index contributed by atoms with van der Waals surface area (Å²) in [5.41, 5.74) is 5.32. The van der Waals surface area contributed by atoms with Gasteiger partial charge in [-0.3, -0.25) is 4.79 Å². The minimum absolute atomic E-state index is 0.149. The van der Waals surface area contributed by atoms with E-state index in [-0.39, 0.29) is 12.5 Å². The first-order chi connectivity index (χ1) is 11.1. The minimum Gasteiger partial charge on any atom is -0.496 e. The average molecular weight is 376 g/mol. The number of anilines is 1. The van der Waals surface area contributed by atoms with Crippen LogP contribution in [-0.2, 0) is 4.79 Å². The maximum atomic E-state index is 11.8. The maximum absolute atomic E-state index is 11.8. The van der Waals surface area contributed by atoms with Gasteiger partial charge in [0.25, 0.3) is 5.91 Å². The highest BCUT2D eigenvalue weighted by molar-refractivity contribution is 9.10. The number of amides is 1.